The van der Waals surface area contributed by atoms with Gasteiger partial charge in [0.05, 0.1) is 25.4 Å². The lowest BCUT2D eigenvalue weighted by molar-refractivity contribution is -0.0446. The normalized spacial score (nSPS) is 28.8. The van der Waals surface area contributed by atoms with Gasteiger partial charge in [-0.25, -0.2) is 0 Å². The maximum Gasteiger partial charge on any atom is 0.104 e. The molecule has 1 saturated heterocycles. The molecule has 0 radical (unpaired) electrons. The minimum absolute atomic E-state index is 0.187. The average Bonchev–Trinajstić information content (AvgIpc) is 2.16. The average molecular weight is 183 g/mol. The predicted molar refractivity (Wildman–Crippen MR) is 49.2 cm³/mol. The summed E-state index contributed by atoms with van der Waals surface area (Å²) in [5, 5.41) is 9.04. The van der Waals surface area contributed by atoms with Crippen molar-refractivity contribution in [3.8, 4) is 6.07 Å². The first-order valence-electron chi connectivity index (χ1n) is 4.79. The summed E-state index contributed by atoms with van der Waals surface area (Å²) >= 11 is 0. The van der Waals surface area contributed by atoms with Gasteiger partial charge >= 0.3 is 0 Å². The van der Waals surface area contributed by atoms with Gasteiger partial charge in [0.25, 0.3) is 0 Å². The molecule has 0 aromatic rings. The molecular weight excluding hydrogens is 166 g/mol. The number of rotatable bonds is 3. The Labute approximate surface area is 79.6 Å². The van der Waals surface area contributed by atoms with Crippen molar-refractivity contribution in [3.05, 3.63) is 0 Å². The highest BCUT2D eigenvalue weighted by Gasteiger charge is 2.33. The van der Waals surface area contributed by atoms with Gasteiger partial charge in [-0.05, 0) is 26.7 Å². The van der Waals surface area contributed by atoms with E-state index in [0.29, 0.717) is 13.2 Å². The van der Waals surface area contributed by atoms with Crippen molar-refractivity contribution in [2.45, 2.75) is 32.8 Å². The lowest BCUT2D eigenvalue weighted by Gasteiger charge is -2.30. The first-order chi connectivity index (χ1) is 6.18. The number of ether oxygens (including phenoxy) is 2. The highest BCUT2D eigenvalue weighted by molar-refractivity contribution is 5.00. The molecule has 3 nitrogen and oxygen atoms in total. The number of nitrogens with zero attached hydrogens (tertiary/aromatic N) is 1. The number of hydrogen-bond acceptors (Lipinski definition) is 3. The molecule has 3 heteroatoms. The Morgan fingerprint density at radius 1 is 1.62 bits per heavy atom. The van der Waals surface area contributed by atoms with E-state index in [1.807, 2.05) is 13.8 Å². The smallest absolute Gasteiger partial charge is 0.104 e. The molecule has 0 aromatic heterocycles. The van der Waals surface area contributed by atoms with Gasteiger partial charge in [-0.2, -0.15) is 5.26 Å². The van der Waals surface area contributed by atoms with Crippen LogP contribution in [-0.4, -0.2) is 25.9 Å². The fraction of sp³-hybridized carbons (Fsp3) is 0.900. The van der Waals surface area contributed by atoms with E-state index in [9.17, 15) is 0 Å². The Morgan fingerprint density at radius 2 is 2.38 bits per heavy atom. The summed E-state index contributed by atoms with van der Waals surface area (Å²) in [6.45, 7) is 5.77. The molecule has 0 N–H and O–H groups in total. The van der Waals surface area contributed by atoms with Crippen molar-refractivity contribution < 1.29 is 9.47 Å². The maximum atomic E-state index is 9.04. The zero-order valence-electron chi connectivity index (χ0n) is 8.38. The van der Waals surface area contributed by atoms with Crippen LogP contribution in [0.3, 0.4) is 0 Å². The molecule has 1 heterocycles. The highest BCUT2D eigenvalue weighted by atomic mass is 16.5. The fourth-order valence-corrected chi connectivity index (χ4v) is 1.41. The molecule has 1 aliphatic rings. The summed E-state index contributed by atoms with van der Waals surface area (Å²) in [5.41, 5.74) is -0.386. The molecule has 0 aromatic carbocycles. The van der Waals surface area contributed by atoms with Crippen LogP contribution in [0.5, 0.6) is 0 Å². The molecule has 1 aliphatic heterocycles. The Bertz CT molecular complexity index is 190. The Morgan fingerprint density at radius 3 is 2.85 bits per heavy atom. The molecule has 13 heavy (non-hydrogen) atoms. The van der Waals surface area contributed by atoms with Gasteiger partial charge in [-0.1, -0.05) is 0 Å². The van der Waals surface area contributed by atoms with E-state index in [4.69, 9.17) is 14.7 Å². The molecule has 74 valence electrons. The van der Waals surface area contributed by atoms with Crippen molar-refractivity contribution in [1.29, 1.82) is 5.26 Å². The second-order valence-electron chi connectivity index (χ2n) is 3.91. The summed E-state index contributed by atoms with van der Waals surface area (Å²) in [5.74, 6) is 0. The van der Waals surface area contributed by atoms with Gasteiger partial charge in [0.1, 0.15) is 5.41 Å². The Hall–Kier alpha value is -0.590. The second kappa shape index (κ2) is 4.59. The summed E-state index contributed by atoms with van der Waals surface area (Å²) in [4.78, 5) is 0. The molecule has 0 aliphatic carbocycles. The number of nitriles is 1. The van der Waals surface area contributed by atoms with Crippen LogP contribution in [-0.2, 0) is 9.47 Å². The van der Waals surface area contributed by atoms with Crippen LogP contribution in [0.2, 0.25) is 0 Å². The standard InChI is InChI=1S/C10H17NO2/c1-9(2)13-8-10(6-11)4-3-5-12-7-10/h9H,3-5,7-8H2,1-2H3. The topological polar surface area (TPSA) is 42.2 Å². The minimum Gasteiger partial charge on any atom is -0.380 e. The first kappa shape index (κ1) is 10.5. The van der Waals surface area contributed by atoms with Crippen LogP contribution in [0.15, 0.2) is 0 Å². The van der Waals surface area contributed by atoms with E-state index in [1.165, 1.54) is 0 Å². The van der Waals surface area contributed by atoms with Crippen molar-refractivity contribution in [3.63, 3.8) is 0 Å². The van der Waals surface area contributed by atoms with Gasteiger partial charge in [-0.3, -0.25) is 0 Å². The van der Waals surface area contributed by atoms with Crippen molar-refractivity contribution >= 4 is 0 Å². The third-order valence-corrected chi connectivity index (χ3v) is 2.25. The fourth-order valence-electron chi connectivity index (χ4n) is 1.41. The molecular formula is C10H17NO2. The predicted octanol–water partition coefficient (Wildman–Crippen LogP) is 1.73. The molecule has 1 unspecified atom stereocenters. The lowest BCUT2D eigenvalue weighted by Crippen LogP contribution is -2.35. The van der Waals surface area contributed by atoms with Crippen LogP contribution in [0.1, 0.15) is 26.7 Å². The first-order valence-corrected chi connectivity index (χ1v) is 4.79. The van der Waals surface area contributed by atoms with Gasteiger partial charge in [0.15, 0.2) is 0 Å². The minimum atomic E-state index is -0.386. The van der Waals surface area contributed by atoms with E-state index in [0.717, 1.165) is 19.4 Å². The van der Waals surface area contributed by atoms with Crippen LogP contribution < -0.4 is 0 Å². The van der Waals surface area contributed by atoms with E-state index < -0.39 is 0 Å². The maximum absolute atomic E-state index is 9.04. The highest BCUT2D eigenvalue weighted by Crippen LogP contribution is 2.28. The molecule has 0 bridgehead atoms. The van der Waals surface area contributed by atoms with E-state index >= 15 is 0 Å². The summed E-state index contributed by atoms with van der Waals surface area (Å²) < 4.78 is 10.8. The van der Waals surface area contributed by atoms with Crippen molar-refractivity contribution in [2.75, 3.05) is 19.8 Å². The molecule has 1 atom stereocenters. The van der Waals surface area contributed by atoms with Crippen LogP contribution in [0.4, 0.5) is 0 Å². The molecule has 0 amide bonds. The van der Waals surface area contributed by atoms with Crippen LogP contribution in [0.25, 0.3) is 0 Å². The molecule has 1 rings (SSSR count). The lowest BCUT2D eigenvalue weighted by atomic mass is 9.85. The summed E-state index contributed by atoms with van der Waals surface area (Å²) in [6.07, 6.45) is 2.05. The van der Waals surface area contributed by atoms with Gasteiger partial charge in [0, 0.05) is 6.61 Å². The second-order valence-corrected chi connectivity index (χ2v) is 3.91. The molecule has 0 spiro atoms. The monoisotopic (exact) mass is 183 g/mol. The largest absolute Gasteiger partial charge is 0.380 e. The van der Waals surface area contributed by atoms with E-state index in [-0.39, 0.29) is 11.5 Å². The number of hydrogen-bond donors (Lipinski definition) is 0. The Kier molecular flexibility index (Phi) is 3.71. The quantitative estimate of drug-likeness (QED) is 0.669. The van der Waals surface area contributed by atoms with Gasteiger partial charge in [-0.15, -0.1) is 0 Å². The van der Waals surface area contributed by atoms with E-state index in [1.54, 1.807) is 0 Å². The van der Waals surface area contributed by atoms with Gasteiger partial charge in [0.2, 0.25) is 0 Å². The van der Waals surface area contributed by atoms with Crippen molar-refractivity contribution in [2.24, 2.45) is 5.41 Å². The SMILES string of the molecule is CC(C)OCC1(C#N)CCCOC1. The third-order valence-electron chi connectivity index (χ3n) is 2.25. The summed E-state index contributed by atoms with van der Waals surface area (Å²) in [6, 6.07) is 2.32. The summed E-state index contributed by atoms with van der Waals surface area (Å²) in [7, 11) is 0. The van der Waals surface area contributed by atoms with Gasteiger partial charge < -0.3 is 9.47 Å². The zero-order valence-corrected chi connectivity index (χ0v) is 8.38. The van der Waals surface area contributed by atoms with Crippen LogP contribution in [0, 0.1) is 16.7 Å². The third kappa shape index (κ3) is 2.98. The molecule has 1 fully saturated rings. The van der Waals surface area contributed by atoms with E-state index in [2.05, 4.69) is 6.07 Å². The zero-order chi connectivity index (χ0) is 9.73. The Balaban J connectivity index is 2.44. The molecule has 0 saturated carbocycles. The van der Waals surface area contributed by atoms with Crippen molar-refractivity contribution in [1.82, 2.24) is 0 Å². The van der Waals surface area contributed by atoms with Crippen LogP contribution >= 0.6 is 0 Å².